The molecule has 0 unspecified atom stereocenters. The lowest BCUT2D eigenvalue weighted by atomic mass is 10.1. The van der Waals surface area contributed by atoms with Gasteiger partial charge in [0.2, 0.25) is 5.95 Å². The number of pyridine rings is 1. The third kappa shape index (κ3) is 7.05. The molecule has 0 atom stereocenters. The van der Waals surface area contributed by atoms with E-state index in [0.717, 1.165) is 24.6 Å². The smallest absolute Gasteiger partial charge is 0.213 e. The van der Waals surface area contributed by atoms with Crippen molar-refractivity contribution in [2.45, 2.75) is 46.1 Å². The van der Waals surface area contributed by atoms with Crippen molar-refractivity contribution < 1.29 is 4.39 Å². The molecule has 1 aromatic heterocycles. The van der Waals surface area contributed by atoms with Gasteiger partial charge in [-0.2, -0.15) is 4.39 Å². The Bertz CT molecular complexity index is 313. The van der Waals surface area contributed by atoms with Gasteiger partial charge in [-0.25, -0.2) is 4.98 Å². The third-order valence-electron chi connectivity index (χ3n) is 2.76. The summed E-state index contributed by atoms with van der Waals surface area (Å²) in [5, 5.41) is 3.32. The second-order valence-electron chi connectivity index (χ2n) is 4.91. The normalized spacial score (nSPS) is 11.1. The van der Waals surface area contributed by atoms with Crippen LogP contribution in [0.2, 0.25) is 0 Å². The van der Waals surface area contributed by atoms with E-state index in [1.165, 1.54) is 37.9 Å². The van der Waals surface area contributed by atoms with Crippen molar-refractivity contribution in [1.29, 1.82) is 0 Å². The zero-order valence-corrected chi connectivity index (χ0v) is 10.9. The van der Waals surface area contributed by atoms with E-state index in [2.05, 4.69) is 24.1 Å². The fourth-order valence-electron chi connectivity index (χ4n) is 1.76. The Labute approximate surface area is 104 Å². The van der Waals surface area contributed by atoms with Crippen molar-refractivity contribution in [3.8, 4) is 0 Å². The van der Waals surface area contributed by atoms with Crippen LogP contribution in [0.1, 0.15) is 45.1 Å². The van der Waals surface area contributed by atoms with Crippen LogP contribution >= 0.6 is 0 Å². The number of rotatable bonds is 8. The second-order valence-corrected chi connectivity index (χ2v) is 4.91. The van der Waals surface area contributed by atoms with Gasteiger partial charge in [-0.3, -0.25) is 0 Å². The predicted molar refractivity (Wildman–Crippen MR) is 69.2 cm³/mol. The summed E-state index contributed by atoms with van der Waals surface area (Å²) in [6.07, 6.45) is 6.60. The zero-order chi connectivity index (χ0) is 12.5. The van der Waals surface area contributed by atoms with Crippen LogP contribution in [0.25, 0.3) is 0 Å². The van der Waals surface area contributed by atoms with Crippen molar-refractivity contribution in [1.82, 2.24) is 10.3 Å². The number of hydrogen-bond acceptors (Lipinski definition) is 2. The van der Waals surface area contributed by atoms with Crippen LogP contribution in [0.15, 0.2) is 18.3 Å². The number of aromatic nitrogens is 1. The van der Waals surface area contributed by atoms with Crippen LogP contribution in [0, 0.1) is 11.9 Å². The molecule has 0 aliphatic carbocycles. The predicted octanol–water partition coefficient (Wildman–Crippen LogP) is 3.53. The van der Waals surface area contributed by atoms with Gasteiger partial charge in [-0.15, -0.1) is 0 Å². The summed E-state index contributed by atoms with van der Waals surface area (Å²) < 4.78 is 12.8. The zero-order valence-electron chi connectivity index (χ0n) is 10.9. The molecule has 0 fully saturated rings. The molecule has 0 aliphatic heterocycles. The van der Waals surface area contributed by atoms with Gasteiger partial charge < -0.3 is 5.32 Å². The van der Waals surface area contributed by atoms with E-state index in [1.807, 2.05) is 6.07 Å². The van der Waals surface area contributed by atoms with Gasteiger partial charge in [0, 0.05) is 12.7 Å². The molecular formula is C14H23FN2. The van der Waals surface area contributed by atoms with E-state index in [4.69, 9.17) is 0 Å². The average molecular weight is 238 g/mol. The van der Waals surface area contributed by atoms with E-state index >= 15 is 0 Å². The Balaban J connectivity index is 2.01. The van der Waals surface area contributed by atoms with Crippen LogP contribution in [-0.2, 0) is 6.54 Å². The van der Waals surface area contributed by atoms with E-state index in [0.29, 0.717) is 0 Å². The minimum atomic E-state index is -0.402. The molecule has 0 bridgehead atoms. The standard InChI is InChI=1S/C14H23FN2/c1-12(2)6-4-3-5-8-16-11-13-7-9-17-14(15)10-13/h7,9-10,12,16H,3-6,8,11H2,1-2H3. The van der Waals surface area contributed by atoms with Crippen molar-refractivity contribution in [3.63, 3.8) is 0 Å². The minimum Gasteiger partial charge on any atom is -0.313 e. The van der Waals surface area contributed by atoms with Crippen molar-refractivity contribution in [3.05, 3.63) is 29.8 Å². The maximum absolute atomic E-state index is 12.8. The Morgan fingerprint density at radius 3 is 2.82 bits per heavy atom. The first kappa shape index (κ1) is 14.1. The monoisotopic (exact) mass is 238 g/mol. The third-order valence-corrected chi connectivity index (χ3v) is 2.76. The summed E-state index contributed by atoms with van der Waals surface area (Å²) in [5.41, 5.74) is 0.958. The van der Waals surface area contributed by atoms with Crippen LogP contribution in [0.4, 0.5) is 4.39 Å². The molecule has 0 aliphatic rings. The largest absolute Gasteiger partial charge is 0.313 e. The number of nitrogens with zero attached hydrogens (tertiary/aromatic N) is 1. The molecule has 0 aromatic carbocycles. The summed E-state index contributed by atoms with van der Waals surface area (Å²) in [5.74, 6) is 0.406. The molecule has 1 N–H and O–H groups in total. The molecule has 17 heavy (non-hydrogen) atoms. The molecular weight excluding hydrogens is 215 g/mol. The number of hydrogen-bond donors (Lipinski definition) is 1. The van der Waals surface area contributed by atoms with Crippen LogP contribution in [0.5, 0.6) is 0 Å². The molecule has 1 heterocycles. The summed E-state index contributed by atoms with van der Waals surface area (Å²) in [4.78, 5) is 3.53. The quantitative estimate of drug-likeness (QED) is 0.553. The van der Waals surface area contributed by atoms with Crippen LogP contribution in [0.3, 0.4) is 0 Å². The number of halogens is 1. The number of unbranched alkanes of at least 4 members (excludes halogenated alkanes) is 2. The van der Waals surface area contributed by atoms with E-state index in [9.17, 15) is 4.39 Å². The van der Waals surface area contributed by atoms with Crippen LogP contribution < -0.4 is 5.32 Å². The molecule has 0 saturated heterocycles. The van der Waals surface area contributed by atoms with E-state index in [1.54, 1.807) is 0 Å². The minimum absolute atomic E-state index is 0.402. The first-order valence-electron chi connectivity index (χ1n) is 6.49. The molecule has 3 heteroatoms. The lowest BCUT2D eigenvalue weighted by molar-refractivity contribution is 0.515. The van der Waals surface area contributed by atoms with Gasteiger partial charge in [-0.05, 0) is 36.6 Å². The van der Waals surface area contributed by atoms with Gasteiger partial charge in [0.1, 0.15) is 0 Å². The fraction of sp³-hybridized carbons (Fsp3) is 0.643. The Morgan fingerprint density at radius 2 is 2.12 bits per heavy atom. The molecule has 0 spiro atoms. The summed E-state index contributed by atoms with van der Waals surface area (Å²) in [6, 6.07) is 3.32. The molecule has 1 rings (SSSR count). The van der Waals surface area contributed by atoms with Gasteiger partial charge in [0.05, 0.1) is 0 Å². The molecule has 2 nitrogen and oxygen atoms in total. The topological polar surface area (TPSA) is 24.9 Å². The van der Waals surface area contributed by atoms with Gasteiger partial charge >= 0.3 is 0 Å². The first-order chi connectivity index (χ1) is 8.18. The highest BCUT2D eigenvalue weighted by molar-refractivity contribution is 5.10. The average Bonchev–Trinajstić information content (AvgIpc) is 2.27. The van der Waals surface area contributed by atoms with Crippen molar-refractivity contribution in [2.24, 2.45) is 5.92 Å². The summed E-state index contributed by atoms with van der Waals surface area (Å²) in [6.45, 7) is 6.25. The van der Waals surface area contributed by atoms with Crippen LogP contribution in [-0.4, -0.2) is 11.5 Å². The Kier molecular flexibility index (Phi) is 6.78. The first-order valence-corrected chi connectivity index (χ1v) is 6.49. The molecule has 1 aromatic rings. The number of nitrogens with one attached hydrogen (secondary N) is 1. The maximum atomic E-state index is 12.8. The Morgan fingerprint density at radius 1 is 1.29 bits per heavy atom. The molecule has 0 amide bonds. The summed E-state index contributed by atoms with van der Waals surface area (Å²) >= 11 is 0. The SMILES string of the molecule is CC(C)CCCCCNCc1ccnc(F)c1. The molecule has 96 valence electrons. The Hall–Kier alpha value is -0.960. The highest BCUT2D eigenvalue weighted by Crippen LogP contribution is 2.07. The van der Waals surface area contributed by atoms with Gasteiger partial charge in [0.15, 0.2) is 0 Å². The van der Waals surface area contributed by atoms with Gasteiger partial charge in [0.25, 0.3) is 0 Å². The van der Waals surface area contributed by atoms with E-state index in [-0.39, 0.29) is 0 Å². The van der Waals surface area contributed by atoms with Crippen molar-refractivity contribution >= 4 is 0 Å². The van der Waals surface area contributed by atoms with Crippen molar-refractivity contribution in [2.75, 3.05) is 6.54 Å². The summed E-state index contributed by atoms with van der Waals surface area (Å²) in [7, 11) is 0. The highest BCUT2D eigenvalue weighted by Gasteiger charge is 1.96. The van der Waals surface area contributed by atoms with E-state index < -0.39 is 5.95 Å². The fourth-order valence-corrected chi connectivity index (χ4v) is 1.76. The maximum Gasteiger partial charge on any atom is 0.213 e. The van der Waals surface area contributed by atoms with Gasteiger partial charge in [-0.1, -0.05) is 33.1 Å². The molecule has 0 radical (unpaired) electrons. The molecule has 0 saturated carbocycles. The lowest BCUT2D eigenvalue weighted by Gasteiger charge is -2.06. The lowest BCUT2D eigenvalue weighted by Crippen LogP contribution is -2.14. The second kappa shape index (κ2) is 8.18. The highest BCUT2D eigenvalue weighted by atomic mass is 19.1.